The van der Waals surface area contributed by atoms with Gasteiger partial charge in [0.05, 0.1) is 16.3 Å². The number of hydrogen-bond acceptors (Lipinski definition) is 7. The van der Waals surface area contributed by atoms with Crippen LogP contribution in [0.1, 0.15) is 18.7 Å². The summed E-state index contributed by atoms with van der Waals surface area (Å²) in [6, 6.07) is 15.7. The zero-order valence-electron chi connectivity index (χ0n) is 16.3. The van der Waals surface area contributed by atoms with Crippen molar-refractivity contribution < 1.29 is 17.9 Å². The van der Waals surface area contributed by atoms with Gasteiger partial charge in [0, 0.05) is 18.5 Å². The number of para-hydroxylation sites is 1. The van der Waals surface area contributed by atoms with Gasteiger partial charge in [-0.3, -0.25) is 4.79 Å². The van der Waals surface area contributed by atoms with Crippen LogP contribution in [0.5, 0.6) is 0 Å². The molecule has 0 aliphatic carbocycles. The Morgan fingerprint density at radius 1 is 1.03 bits per heavy atom. The molecule has 4 rings (SSSR count). The molecule has 0 radical (unpaired) electrons. The van der Waals surface area contributed by atoms with Gasteiger partial charge in [-0.25, -0.2) is 18.4 Å². The van der Waals surface area contributed by atoms with Gasteiger partial charge >= 0.3 is 5.97 Å². The number of hydrogen-bond donors (Lipinski definition) is 1. The van der Waals surface area contributed by atoms with Crippen LogP contribution in [0.4, 0.5) is 5.82 Å². The normalized spacial score (nSPS) is 15.9. The molecule has 1 aliphatic heterocycles. The van der Waals surface area contributed by atoms with Crippen molar-refractivity contribution in [3.8, 4) is 0 Å². The van der Waals surface area contributed by atoms with Gasteiger partial charge in [-0.15, -0.1) is 0 Å². The third-order valence-corrected chi connectivity index (χ3v) is 7.10. The zero-order chi connectivity index (χ0) is 21.1. The first kappa shape index (κ1) is 20.2. The molecule has 156 valence electrons. The fraction of sp³-hybridized carbons (Fsp3) is 0.286. The molecule has 0 saturated carbocycles. The second-order valence-corrected chi connectivity index (χ2v) is 9.08. The van der Waals surface area contributed by atoms with Crippen molar-refractivity contribution in [2.45, 2.75) is 24.3 Å². The number of sulfonamides is 1. The highest BCUT2D eigenvalue weighted by molar-refractivity contribution is 7.89. The van der Waals surface area contributed by atoms with Gasteiger partial charge in [0.25, 0.3) is 0 Å². The molecule has 2 N–H and O–H groups in total. The first-order valence-corrected chi connectivity index (χ1v) is 11.1. The summed E-state index contributed by atoms with van der Waals surface area (Å²) in [5.41, 5.74) is 6.65. The van der Waals surface area contributed by atoms with E-state index in [-0.39, 0.29) is 36.5 Å². The summed E-state index contributed by atoms with van der Waals surface area (Å²) in [4.78, 5) is 21.3. The van der Waals surface area contributed by atoms with E-state index >= 15 is 0 Å². The highest BCUT2D eigenvalue weighted by Crippen LogP contribution is 2.25. The fourth-order valence-corrected chi connectivity index (χ4v) is 5.03. The van der Waals surface area contributed by atoms with Crippen molar-refractivity contribution in [3.05, 3.63) is 60.4 Å². The van der Waals surface area contributed by atoms with Crippen LogP contribution >= 0.6 is 0 Å². The maximum absolute atomic E-state index is 12.7. The maximum Gasteiger partial charge on any atom is 0.309 e. The van der Waals surface area contributed by atoms with Crippen LogP contribution in [0.3, 0.4) is 0 Å². The zero-order valence-corrected chi connectivity index (χ0v) is 17.1. The summed E-state index contributed by atoms with van der Waals surface area (Å²) < 4.78 is 32.2. The van der Waals surface area contributed by atoms with Crippen LogP contribution < -0.4 is 5.73 Å². The Balaban J connectivity index is 1.35. The molecule has 1 saturated heterocycles. The van der Waals surface area contributed by atoms with E-state index in [0.29, 0.717) is 30.0 Å². The monoisotopic (exact) mass is 426 g/mol. The molecule has 8 nitrogen and oxygen atoms in total. The Hall–Kier alpha value is -3.04. The number of esters is 1. The number of nitrogens with two attached hydrogens (primary N) is 1. The van der Waals surface area contributed by atoms with Crippen LogP contribution in [0.25, 0.3) is 10.9 Å². The number of benzene rings is 2. The van der Waals surface area contributed by atoms with Gasteiger partial charge < -0.3 is 10.5 Å². The SMILES string of the molecule is Nc1nc(COC(=O)C2CCN(S(=O)(=O)c3ccccc3)CC2)nc2ccccc12. The second-order valence-electron chi connectivity index (χ2n) is 7.14. The number of rotatable bonds is 5. The number of piperidine rings is 1. The summed E-state index contributed by atoms with van der Waals surface area (Å²) in [5.74, 6) is -0.0539. The topological polar surface area (TPSA) is 115 Å². The Morgan fingerprint density at radius 2 is 1.70 bits per heavy atom. The number of anilines is 1. The highest BCUT2D eigenvalue weighted by atomic mass is 32.2. The van der Waals surface area contributed by atoms with Gasteiger partial charge in [0.2, 0.25) is 10.0 Å². The number of ether oxygens (including phenoxy) is 1. The molecule has 2 aromatic carbocycles. The van der Waals surface area contributed by atoms with Gasteiger partial charge in [0.1, 0.15) is 5.82 Å². The van der Waals surface area contributed by atoms with Crippen LogP contribution in [0, 0.1) is 5.92 Å². The lowest BCUT2D eigenvalue weighted by molar-refractivity contribution is -0.151. The molecule has 0 atom stereocenters. The van der Waals surface area contributed by atoms with Crippen LogP contribution in [-0.4, -0.2) is 41.7 Å². The summed E-state index contributed by atoms with van der Waals surface area (Å²) in [7, 11) is -3.54. The Labute approximate surface area is 174 Å². The van der Waals surface area contributed by atoms with Crippen LogP contribution in [0.2, 0.25) is 0 Å². The minimum Gasteiger partial charge on any atom is -0.457 e. The molecule has 0 spiro atoms. The molecule has 1 aliphatic rings. The maximum atomic E-state index is 12.7. The van der Waals surface area contributed by atoms with Gasteiger partial charge in [-0.2, -0.15) is 4.31 Å². The van der Waals surface area contributed by atoms with E-state index in [9.17, 15) is 13.2 Å². The number of aromatic nitrogens is 2. The molecule has 1 fully saturated rings. The lowest BCUT2D eigenvalue weighted by atomic mass is 9.98. The Bertz CT molecular complexity index is 1160. The van der Waals surface area contributed by atoms with Crippen LogP contribution in [0.15, 0.2) is 59.5 Å². The van der Waals surface area contributed by atoms with E-state index in [1.165, 1.54) is 4.31 Å². The molecule has 0 amide bonds. The average molecular weight is 426 g/mol. The standard InChI is InChI=1S/C21H22N4O4S/c22-20-17-8-4-5-9-18(17)23-19(24-20)14-29-21(26)15-10-12-25(13-11-15)30(27,28)16-6-2-1-3-7-16/h1-9,15H,10-14H2,(H2,22,23,24). The van der Waals surface area contributed by atoms with E-state index in [4.69, 9.17) is 10.5 Å². The molecule has 0 unspecified atom stereocenters. The Kier molecular flexibility index (Phi) is 5.65. The van der Waals surface area contributed by atoms with E-state index in [2.05, 4.69) is 9.97 Å². The Morgan fingerprint density at radius 3 is 2.43 bits per heavy atom. The second kappa shape index (κ2) is 8.37. The molecule has 9 heteroatoms. The summed E-state index contributed by atoms with van der Waals surface area (Å²) in [6.07, 6.45) is 0.817. The predicted molar refractivity (Wildman–Crippen MR) is 112 cm³/mol. The summed E-state index contributed by atoms with van der Waals surface area (Å²) in [6.45, 7) is 0.475. The minimum atomic E-state index is -3.54. The number of fused-ring (bicyclic) bond motifs is 1. The first-order valence-electron chi connectivity index (χ1n) is 9.68. The molecule has 3 aromatic rings. The minimum absolute atomic E-state index is 0.0730. The van der Waals surface area contributed by atoms with Crippen molar-refractivity contribution in [2.24, 2.45) is 5.92 Å². The number of nitrogen functional groups attached to an aromatic ring is 1. The van der Waals surface area contributed by atoms with Crippen molar-refractivity contribution in [3.63, 3.8) is 0 Å². The van der Waals surface area contributed by atoms with Gasteiger partial charge in [-0.1, -0.05) is 30.3 Å². The van der Waals surface area contributed by atoms with E-state index in [1.54, 1.807) is 30.3 Å². The van der Waals surface area contributed by atoms with Crippen molar-refractivity contribution >= 4 is 32.7 Å². The average Bonchev–Trinajstić information content (AvgIpc) is 2.78. The van der Waals surface area contributed by atoms with Crippen molar-refractivity contribution in [1.82, 2.24) is 14.3 Å². The fourth-order valence-electron chi connectivity index (χ4n) is 3.54. The van der Waals surface area contributed by atoms with Gasteiger partial charge in [-0.05, 0) is 37.1 Å². The highest BCUT2D eigenvalue weighted by Gasteiger charge is 2.32. The molecule has 0 bridgehead atoms. The molecule has 30 heavy (non-hydrogen) atoms. The lowest BCUT2D eigenvalue weighted by Crippen LogP contribution is -2.40. The smallest absolute Gasteiger partial charge is 0.309 e. The number of carbonyl (C=O) groups excluding carboxylic acids is 1. The van der Waals surface area contributed by atoms with E-state index in [1.807, 2.05) is 24.3 Å². The lowest BCUT2D eigenvalue weighted by Gasteiger charge is -2.30. The number of carbonyl (C=O) groups is 1. The first-order chi connectivity index (χ1) is 14.4. The number of nitrogens with zero attached hydrogens (tertiary/aromatic N) is 3. The van der Waals surface area contributed by atoms with Crippen LogP contribution in [-0.2, 0) is 26.2 Å². The molecule has 2 heterocycles. The predicted octanol–water partition coefficient (Wildman–Crippen LogP) is 2.36. The van der Waals surface area contributed by atoms with Crippen molar-refractivity contribution in [1.29, 1.82) is 0 Å². The molecular weight excluding hydrogens is 404 g/mol. The van der Waals surface area contributed by atoms with E-state index in [0.717, 1.165) is 5.39 Å². The molecular formula is C21H22N4O4S. The third-order valence-electron chi connectivity index (χ3n) is 5.19. The largest absolute Gasteiger partial charge is 0.457 e. The summed E-state index contributed by atoms with van der Waals surface area (Å²) in [5, 5.41) is 0.750. The third kappa shape index (κ3) is 4.12. The molecule has 1 aromatic heterocycles. The summed E-state index contributed by atoms with van der Waals surface area (Å²) >= 11 is 0. The van der Waals surface area contributed by atoms with E-state index < -0.39 is 10.0 Å². The van der Waals surface area contributed by atoms with Crippen molar-refractivity contribution in [2.75, 3.05) is 18.8 Å². The quantitative estimate of drug-likeness (QED) is 0.623. The van der Waals surface area contributed by atoms with Gasteiger partial charge in [0.15, 0.2) is 12.4 Å².